The Morgan fingerprint density at radius 1 is 0.348 bits per heavy atom. The number of nitrogens with two attached hydrogens (primary N) is 1. The van der Waals surface area contributed by atoms with Crippen LogP contribution < -0.4 is 32.3 Å². The summed E-state index contributed by atoms with van der Waals surface area (Å²) in [6, 6.07) is 14.1. The highest BCUT2D eigenvalue weighted by atomic mass is 16.6. The fourth-order valence-corrected chi connectivity index (χ4v) is 7.36. The Kier molecular flexibility index (Phi) is 41.9. The van der Waals surface area contributed by atoms with E-state index in [9.17, 15) is 24.0 Å². The first-order valence-corrected chi connectivity index (χ1v) is 29.8. The average Bonchev–Trinajstić information content (AvgIpc) is 3.71. The third kappa shape index (κ3) is 39.0. The summed E-state index contributed by atoms with van der Waals surface area (Å²) in [6.07, 6.45) is 0.676. The van der Waals surface area contributed by atoms with Gasteiger partial charge in [0.2, 0.25) is 41.2 Å². The molecule has 0 saturated carbocycles. The molecule has 4 rings (SSSR count). The summed E-state index contributed by atoms with van der Waals surface area (Å²) in [5.41, 5.74) is 8.59. The number of hydrogen-bond acceptors (Lipinski definition) is 26. The minimum atomic E-state index is -0.568. The molecule has 0 radical (unpaired) electrons. The van der Waals surface area contributed by atoms with E-state index < -0.39 is 6.04 Å². The summed E-state index contributed by atoms with van der Waals surface area (Å²) < 4.78 is 66.5. The summed E-state index contributed by atoms with van der Waals surface area (Å²) in [5.74, 6) is 0.799. The molecule has 0 aliphatic heterocycles. The van der Waals surface area contributed by atoms with Gasteiger partial charge in [0.1, 0.15) is 0 Å². The Labute approximate surface area is 519 Å². The number of aryl methyl sites for hydroxylation is 2. The topological polar surface area (TPSA) is 385 Å². The van der Waals surface area contributed by atoms with Crippen molar-refractivity contribution in [1.82, 2.24) is 67.4 Å². The van der Waals surface area contributed by atoms with Crippen LogP contribution in [0.15, 0.2) is 48.5 Å². The molecule has 0 aliphatic rings. The van der Waals surface area contributed by atoms with E-state index in [0.717, 1.165) is 22.3 Å². The van der Waals surface area contributed by atoms with E-state index in [0.29, 0.717) is 168 Å². The summed E-state index contributed by atoms with van der Waals surface area (Å²) >= 11 is 0. The first-order valence-electron chi connectivity index (χ1n) is 29.8. The molecule has 7 N–H and O–H groups in total. The van der Waals surface area contributed by atoms with Crippen LogP contribution in [0.4, 0.5) is 0 Å². The maximum Gasteiger partial charge on any atom is 0.224 e. The minimum absolute atomic E-state index is 0.0564. The lowest BCUT2D eigenvalue weighted by molar-refractivity contribution is -0.126. The van der Waals surface area contributed by atoms with Gasteiger partial charge >= 0.3 is 0 Å². The van der Waals surface area contributed by atoms with E-state index in [1.807, 2.05) is 48.5 Å². The molecule has 89 heavy (non-hydrogen) atoms. The second-order valence-corrected chi connectivity index (χ2v) is 19.3. The van der Waals surface area contributed by atoms with Gasteiger partial charge in [-0.25, -0.2) is 0 Å². The molecular formula is C58H90N14O17. The van der Waals surface area contributed by atoms with E-state index in [4.69, 9.17) is 62.6 Å². The Bertz CT molecular complexity index is 2350. The van der Waals surface area contributed by atoms with Crippen LogP contribution in [0.3, 0.4) is 0 Å². The first-order chi connectivity index (χ1) is 43.6. The van der Waals surface area contributed by atoms with Gasteiger partial charge in [-0.15, -0.1) is 40.8 Å². The van der Waals surface area contributed by atoms with Crippen molar-refractivity contribution in [2.45, 2.75) is 52.0 Å². The molecule has 0 bridgehead atoms. The molecule has 0 unspecified atom stereocenters. The van der Waals surface area contributed by atoms with Crippen LogP contribution in [0.25, 0.3) is 22.8 Å². The van der Waals surface area contributed by atoms with Gasteiger partial charge in [-0.2, -0.15) is 0 Å². The maximum absolute atomic E-state index is 12.8. The number of hydrogen-bond donors (Lipinski definition) is 6. The zero-order valence-electron chi connectivity index (χ0n) is 51.3. The second-order valence-electron chi connectivity index (χ2n) is 19.3. The molecule has 494 valence electrons. The Morgan fingerprint density at radius 2 is 0.629 bits per heavy atom. The molecule has 2 aromatic carbocycles. The molecule has 31 heteroatoms. The normalized spacial score (nSPS) is 11.2. The zero-order chi connectivity index (χ0) is 63.5. The predicted octanol–water partition coefficient (Wildman–Crippen LogP) is -1.14. The predicted molar refractivity (Wildman–Crippen MR) is 320 cm³/mol. The highest BCUT2D eigenvalue weighted by molar-refractivity contribution is 5.79. The number of carbonyl (C=O) groups excluding carboxylic acids is 5. The van der Waals surface area contributed by atoms with Crippen molar-refractivity contribution in [2.75, 3.05) is 191 Å². The highest BCUT2D eigenvalue weighted by Crippen LogP contribution is 2.16. The van der Waals surface area contributed by atoms with Crippen molar-refractivity contribution < 1.29 is 80.8 Å². The zero-order valence-corrected chi connectivity index (χ0v) is 51.3. The Morgan fingerprint density at radius 3 is 0.966 bits per heavy atom. The monoisotopic (exact) mass is 1250 g/mol. The first kappa shape index (κ1) is 74.6. The number of nitrogens with zero attached hydrogens (tertiary/aromatic N) is 8. The van der Waals surface area contributed by atoms with Crippen LogP contribution in [0.1, 0.15) is 42.0 Å². The largest absolute Gasteiger partial charge is 0.379 e. The van der Waals surface area contributed by atoms with Crippen LogP contribution in [-0.2, 0) is 93.7 Å². The summed E-state index contributed by atoms with van der Waals surface area (Å²) in [4.78, 5) is 62.5. The molecule has 2 aromatic heterocycles. The van der Waals surface area contributed by atoms with Gasteiger partial charge in [-0.1, -0.05) is 48.5 Å². The second kappa shape index (κ2) is 50.0. The Hall–Kier alpha value is -6.85. The number of rotatable bonds is 55. The van der Waals surface area contributed by atoms with E-state index in [1.165, 1.54) is 0 Å². The summed E-state index contributed by atoms with van der Waals surface area (Å²) in [7, 11) is 0. The third-order valence-corrected chi connectivity index (χ3v) is 11.9. The number of amides is 5. The molecule has 0 spiro atoms. The van der Waals surface area contributed by atoms with Gasteiger partial charge in [0.05, 0.1) is 177 Å². The number of benzene rings is 2. The molecule has 0 aliphatic carbocycles. The van der Waals surface area contributed by atoms with E-state index in [2.05, 4.69) is 67.4 Å². The van der Waals surface area contributed by atoms with Crippen LogP contribution in [0.5, 0.6) is 0 Å². The lowest BCUT2D eigenvalue weighted by Gasteiger charge is -2.19. The van der Waals surface area contributed by atoms with Crippen molar-refractivity contribution in [2.24, 2.45) is 5.73 Å². The molecule has 5 amide bonds. The minimum Gasteiger partial charge on any atom is -0.379 e. The molecule has 0 saturated heterocycles. The van der Waals surface area contributed by atoms with E-state index in [1.54, 1.807) is 13.8 Å². The molecule has 4 aromatic rings. The fourth-order valence-electron chi connectivity index (χ4n) is 7.36. The number of aromatic nitrogens is 8. The maximum atomic E-state index is 12.8. The lowest BCUT2D eigenvalue weighted by Crippen LogP contribution is -2.42. The van der Waals surface area contributed by atoms with Crippen molar-refractivity contribution in [3.63, 3.8) is 0 Å². The van der Waals surface area contributed by atoms with Gasteiger partial charge in [0.25, 0.3) is 0 Å². The van der Waals surface area contributed by atoms with Crippen molar-refractivity contribution in [3.05, 3.63) is 71.3 Å². The molecule has 0 fully saturated rings. The van der Waals surface area contributed by atoms with Crippen molar-refractivity contribution in [3.8, 4) is 22.8 Å². The Balaban J connectivity index is 0.962. The molecule has 31 nitrogen and oxygen atoms in total. The van der Waals surface area contributed by atoms with Gasteiger partial charge in [0.15, 0.2) is 11.6 Å². The van der Waals surface area contributed by atoms with Crippen LogP contribution in [-0.4, -0.2) is 268 Å². The quantitative estimate of drug-likeness (QED) is 0.0285. The highest BCUT2D eigenvalue weighted by Gasteiger charge is 2.15. The average molecular weight is 1260 g/mol. The lowest BCUT2D eigenvalue weighted by atomic mass is 10.1. The van der Waals surface area contributed by atoms with Crippen molar-refractivity contribution >= 4 is 29.5 Å². The molecule has 0 atom stereocenters. The van der Waals surface area contributed by atoms with Gasteiger partial charge in [-0.3, -0.25) is 24.0 Å². The smallest absolute Gasteiger partial charge is 0.224 e. The fraction of sp³-hybridized carbons (Fsp3) is 0.638. The number of carbonyl (C=O) groups is 5. The van der Waals surface area contributed by atoms with Gasteiger partial charge in [-0.05, 0) is 25.0 Å². The summed E-state index contributed by atoms with van der Waals surface area (Å²) in [5, 5.41) is 45.9. The van der Waals surface area contributed by atoms with Crippen molar-refractivity contribution in [1.29, 1.82) is 0 Å². The van der Waals surface area contributed by atoms with Gasteiger partial charge < -0.3 is 89.2 Å². The standard InChI is InChI=1S/C58H90N14O17/c1-45-65-69-57(70-66-45)49-7-3-47(4-8-49)41-55(76)62-17-25-82-31-37-86-35-29-80-23-15-60-52(73)11-20-88-43-51(64-54(75)13-19-78-27-33-84-39-40-85-34-28-79-22-14-59)44-89-21-12-53(74)61-16-24-81-30-36-87-38-32-83-26-18-63-56(77)42-48-5-9-50(10-6-48)58-71-67-46(2)68-72-58/h3-10,51H,11-44,59H2,1-2H3,(H,60,73)(H,61,74)(H,62,76)(H,63,77)(H,64,75). The molecule has 2 heterocycles. The summed E-state index contributed by atoms with van der Waals surface area (Å²) in [6.45, 7) is 12.5. The van der Waals surface area contributed by atoms with Crippen LogP contribution in [0.2, 0.25) is 0 Å². The van der Waals surface area contributed by atoms with Gasteiger partial charge in [0, 0.05) is 63.1 Å². The number of nitrogens with one attached hydrogen (secondary N) is 5. The van der Waals surface area contributed by atoms with E-state index >= 15 is 0 Å². The number of ether oxygens (including phenoxy) is 12. The van der Waals surface area contributed by atoms with Crippen LogP contribution in [0, 0.1) is 13.8 Å². The SMILES string of the molecule is Cc1nnc(-c2ccc(CC(=O)NCCOCCOCCOCCNC(=O)CCOCC(COCCC(=O)NCCOCCOCCOCCNC(=O)Cc3ccc(-c4nnc(C)nn4)cc3)NC(=O)CCOCCOCCOCCOCCN)cc2)nn1. The van der Waals surface area contributed by atoms with Crippen LogP contribution >= 0.6 is 0 Å². The van der Waals surface area contributed by atoms with E-state index in [-0.39, 0.29) is 108 Å². The third-order valence-electron chi connectivity index (χ3n) is 11.9. The molecular weight excluding hydrogens is 1160 g/mol.